The van der Waals surface area contributed by atoms with Gasteiger partial charge in [-0.05, 0) is 24.0 Å². The number of benzene rings is 2. The molecule has 2 aliphatic rings. The second-order valence-corrected chi connectivity index (χ2v) is 8.88. The minimum atomic E-state index is -0.603. The van der Waals surface area contributed by atoms with Gasteiger partial charge in [-0.3, -0.25) is 14.5 Å². The Morgan fingerprint density at radius 1 is 0.794 bits per heavy atom. The van der Waals surface area contributed by atoms with Gasteiger partial charge in [0.1, 0.15) is 6.04 Å². The van der Waals surface area contributed by atoms with Gasteiger partial charge >= 0.3 is 0 Å². The van der Waals surface area contributed by atoms with Crippen molar-refractivity contribution in [2.45, 2.75) is 31.3 Å². The Balaban J connectivity index is 1.49. The molecule has 34 heavy (non-hydrogen) atoms. The summed E-state index contributed by atoms with van der Waals surface area (Å²) in [7, 11) is 0. The highest BCUT2D eigenvalue weighted by Crippen LogP contribution is 2.15. The fourth-order valence-electron chi connectivity index (χ4n) is 4.64. The van der Waals surface area contributed by atoms with Crippen molar-refractivity contribution in [1.82, 2.24) is 15.1 Å². The third kappa shape index (κ3) is 6.88. The zero-order valence-corrected chi connectivity index (χ0v) is 19.7. The van der Waals surface area contributed by atoms with Crippen LogP contribution in [-0.2, 0) is 31.9 Å². The lowest BCUT2D eigenvalue weighted by Crippen LogP contribution is -2.57. The molecule has 0 spiro atoms. The highest BCUT2D eigenvalue weighted by molar-refractivity contribution is 5.90. The fraction of sp³-hybridized carbons (Fsp3) is 0.481. The third-order valence-electron chi connectivity index (χ3n) is 6.56. The van der Waals surface area contributed by atoms with Crippen LogP contribution in [-0.4, -0.2) is 86.3 Å². The number of amides is 2. The average molecular weight is 466 g/mol. The van der Waals surface area contributed by atoms with Gasteiger partial charge in [-0.25, -0.2) is 0 Å². The molecule has 0 aliphatic carbocycles. The maximum absolute atomic E-state index is 13.7. The van der Waals surface area contributed by atoms with Gasteiger partial charge < -0.3 is 19.7 Å². The molecule has 182 valence electrons. The van der Waals surface area contributed by atoms with Crippen molar-refractivity contribution in [2.75, 3.05) is 52.6 Å². The average Bonchev–Trinajstić information content (AvgIpc) is 2.90. The van der Waals surface area contributed by atoms with Gasteiger partial charge in [0.2, 0.25) is 11.8 Å². The van der Waals surface area contributed by atoms with Crippen LogP contribution < -0.4 is 5.32 Å². The van der Waals surface area contributed by atoms with Crippen LogP contribution in [0.4, 0.5) is 0 Å². The van der Waals surface area contributed by atoms with E-state index in [0.29, 0.717) is 65.4 Å². The normalized spacial score (nSPS) is 18.8. The number of nitrogens with one attached hydrogen (secondary N) is 1. The molecule has 0 radical (unpaired) electrons. The summed E-state index contributed by atoms with van der Waals surface area (Å²) in [6.45, 7) is 4.85. The third-order valence-corrected chi connectivity index (χ3v) is 6.56. The zero-order valence-electron chi connectivity index (χ0n) is 19.7. The summed E-state index contributed by atoms with van der Waals surface area (Å²) in [4.78, 5) is 31.1. The van der Waals surface area contributed by atoms with E-state index in [-0.39, 0.29) is 17.9 Å². The molecule has 2 aromatic rings. The lowest BCUT2D eigenvalue weighted by Gasteiger charge is -2.35. The number of nitrogens with zero attached hydrogens (tertiary/aromatic N) is 2. The lowest BCUT2D eigenvalue weighted by molar-refractivity contribution is -0.141. The van der Waals surface area contributed by atoms with Crippen LogP contribution in [0.1, 0.15) is 17.5 Å². The molecule has 2 saturated heterocycles. The van der Waals surface area contributed by atoms with Gasteiger partial charge in [-0.2, -0.15) is 0 Å². The summed E-state index contributed by atoms with van der Waals surface area (Å²) in [6, 6.07) is 19.2. The van der Waals surface area contributed by atoms with Crippen molar-refractivity contribution in [2.24, 2.45) is 0 Å². The van der Waals surface area contributed by atoms with Crippen molar-refractivity contribution >= 4 is 11.8 Å². The number of ether oxygens (including phenoxy) is 2. The Bertz CT molecular complexity index is 897. The number of rotatable bonds is 9. The smallest absolute Gasteiger partial charge is 0.245 e. The molecule has 2 unspecified atom stereocenters. The molecular weight excluding hydrogens is 430 g/mol. The van der Waals surface area contributed by atoms with Crippen LogP contribution in [0, 0.1) is 0 Å². The number of aryl methyl sites for hydroxylation is 1. The molecule has 2 aromatic carbocycles. The van der Waals surface area contributed by atoms with E-state index >= 15 is 0 Å². The molecule has 0 bridgehead atoms. The van der Waals surface area contributed by atoms with Gasteiger partial charge in [-0.15, -0.1) is 0 Å². The molecule has 0 saturated carbocycles. The van der Waals surface area contributed by atoms with Gasteiger partial charge in [0, 0.05) is 32.6 Å². The Labute approximate surface area is 202 Å². The van der Waals surface area contributed by atoms with Crippen LogP contribution in [0.25, 0.3) is 0 Å². The first kappa shape index (κ1) is 24.4. The molecule has 2 amide bonds. The largest absolute Gasteiger partial charge is 0.379 e. The molecule has 2 heterocycles. The number of hydrogen-bond donors (Lipinski definition) is 1. The first-order valence-corrected chi connectivity index (χ1v) is 12.3. The van der Waals surface area contributed by atoms with Crippen molar-refractivity contribution in [3.63, 3.8) is 0 Å². The van der Waals surface area contributed by atoms with E-state index in [1.54, 1.807) is 0 Å². The highest BCUT2D eigenvalue weighted by atomic mass is 16.5. The van der Waals surface area contributed by atoms with Crippen molar-refractivity contribution in [3.05, 3.63) is 71.8 Å². The molecule has 2 atom stereocenters. The van der Waals surface area contributed by atoms with Gasteiger partial charge in [0.05, 0.1) is 32.5 Å². The number of hydrogen-bond acceptors (Lipinski definition) is 5. The zero-order chi connectivity index (χ0) is 23.6. The van der Waals surface area contributed by atoms with Gasteiger partial charge in [0.25, 0.3) is 0 Å². The minimum absolute atomic E-state index is 0.0377. The predicted octanol–water partition coefficient (Wildman–Crippen LogP) is 1.91. The first-order valence-electron chi connectivity index (χ1n) is 12.3. The Morgan fingerprint density at radius 3 is 1.97 bits per heavy atom. The van der Waals surface area contributed by atoms with E-state index in [1.165, 1.54) is 5.56 Å². The van der Waals surface area contributed by atoms with Gasteiger partial charge in [-0.1, -0.05) is 60.7 Å². The molecule has 7 nitrogen and oxygen atoms in total. The topological polar surface area (TPSA) is 71.1 Å². The van der Waals surface area contributed by atoms with E-state index in [1.807, 2.05) is 53.4 Å². The number of morpholine rings is 2. The summed E-state index contributed by atoms with van der Waals surface area (Å²) >= 11 is 0. The second kappa shape index (κ2) is 12.6. The molecule has 0 aromatic heterocycles. The van der Waals surface area contributed by atoms with E-state index in [0.717, 1.165) is 12.0 Å². The molecular formula is C27H35N3O4. The maximum atomic E-state index is 13.7. The van der Waals surface area contributed by atoms with Crippen LogP contribution in [0.15, 0.2) is 60.7 Å². The fourth-order valence-corrected chi connectivity index (χ4v) is 4.64. The number of carbonyl (C=O) groups excluding carboxylic acids is 2. The Morgan fingerprint density at radius 2 is 1.35 bits per heavy atom. The monoisotopic (exact) mass is 465 g/mol. The van der Waals surface area contributed by atoms with Crippen LogP contribution >= 0.6 is 0 Å². The Kier molecular flexibility index (Phi) is 9.07. The van der Waals surface area contributed by atoms with Gasteiger partial charge in [0.15, 0.2) is 0 Å². The van der Waals surface area contributed by atoms with Crippen molar-refractivity contribution in [3.8, 4) is 0 Å². The van der Waals surface area contributed by atoms with Crippen molar-refractivity contribution in [1.29, 1.82) is 0 Å². The second-order valence-electron chi connectivity index (χ2n) is 8.88. The lowest BCUT2D eigenvalue weighted by atomic mass is 10.0. The molecule has 1 N–H and O–H groups in total. The van der Waals surface area contributed by atoms with E-state index in [4.69, 9.17) is 9.47 Å². The first-order chi connectivity index (χ1) is 16.7. The van der Waals surface area contributed by atoms with E-state index < -0.39 is 6.04 Å². The van der Waals surface area contributed by atoms with E-state index in [9.17, 15) is 9.59 Å². The summed E-state index contributed by atoms with van der Waals surface area (Å²) in [5, 5.41) is 3.14. The Hall–Kier alpha value is -2.74. The summed E-state index contributed by atoms with van der Waals surface area (Å²) in [6.07, 6.45) is 1.97. The van der Waals surface area contributed by atoms with Crippen LogP contribution in [0.3, 0.4) is 0 Å². The summed E-state index contributed by atoms with van der Waals surface area (Å²) < 4.78 is 10.9. The molecule has 2 aliphatic heterocycles. The molecule has 2 fully saturated rings. The molecule has 4 rings (SSSR count). The summed E-state index contributed by atoms with van der Waals surface area (Å²) in [5.41, 5.74) is 2.24. The quantitative estimate of drug-likeness (QED) is 0.613. The minimum Gasteiger partial charge on any atom is -0.379 e. The standard InChI is InChI=1S/C27H35N3O4/c31-26(25(29-13-17-33-18-14-29)12-11-22-7-3-1-4-8-22)28-24(21-23-9-5-2-6-10-23)27(32)30-15-19-34-20-16-30/h1-10,24-25H,11-21H2,(H,28,31). The highest BCUT2D eigenvalue weighted by Gasteiger charge is 2.32. The number of carbonyl (C=O) groups is 2. The molecule has 7 heteroatoms. The van der Waals surface area contributed by atoms with E-state index in [2.05, 4.69) is 22.3 Å². The van der Waals surface area contributed by atoms with Crippen molar-refractivity contribution < 1.29 is 19.1 Å². The predicted molar refractivity (Wildman–Crippen MR) is 130 cm³/mol. The van der Waals surface area contributed by atoms with Crippen LogP contribution in [0.5, 0.6) is 0 Å². The SMILES string of the molecule is O=C(NC(Cc1ccccc1)C(=O)N1CCOCC1)C(CCc1ccccc1)N1CCOCC1. The van der Waals surface area contributed by atoms with Crippen LogP contribution in [0.2, 0.25) is 0 Å². The maximum Gasteiger partial charge on any atom is 0.245 e. The summed E-state index contributed by atoms with van der Waals surface area (Å²) in [5.74, 6) is -0.121.